The van der Waals surface area contributed by atoms with Crippen LogP contribution in [0.2, 0.25) is 0 Å². The normalized spacial score (nSPS) is 14.8. The zero-order chi connectivity index (χ0) is 44.0. The van der Waals surface area contributed by atoms with E-state index >= 15 is 0 Å². The molecule has 0 saturated heterocycles. The third-order valence-corrected chi connectivity index (χ3v) is 17.5. The van der Waals surface area contributed by atoms with Crippen molar-refractivity contribution in [2.75, 3.05) is 37.0 Å². The average Bonchev–Trinajstić information content (AvgIpc) is 3.66. The van der Waals surface area contributed by atoms with Gasteiger partial charge >= 0.3 is 0 Å². The lowest BCUT2D eigenvalue weighted by molar-refractivity contribution is 0.487. The topological polar surface area (TPSA) is 35.9 Å². The largest absolute Gasteiger partial charge is 0.458 e. The van der Waals surface area contributed by atoms with E-state index in [0.717, 1.165) is 11.5 Å². The van der Waals surface area contributed by atoms with Gasteiger partial charge in [0.1, 0.15) is 11.5 Å². The number of fused-ring (bicyclic) bond motifs is 15. The van der Waals surface area contributed by atoms with Gasteiger partial charge in [0.15, 0.2) is 0 Å². The zero-order valence-electron chi connectivity index (χ0n) is 37.3. The smallest absolute Gasteiger partial charge is 0.256 e. The second-order valence-corrected chi connectivity index (χ2v) is 20.9. The van der Waals surface area contributed by atoms with Gasteiger partial charge in [0.25, 0.3) is 20.1 Å². The van der Waals surface area contributed by atoms with Crippen LogP contribution in [0.1, 0.15) is 16.7 Å². The maximum atomic E-state index is 6.77. The molecule has 0 spiro atoms. The average molecular weight is 904 g/mol. The highest BCUT2D eigenvalue weighted by Crippen LogP contribution is 2.47. The van der Waals surface area contributed by atoms with Crippen LogP contribution in [0.5, 0.6) is 11.5 Å². The molecule has 0 radical (unpaired) electrons. The van der Waals surface area contributed by atoms with Crippen molar-refractivity contribution in [2.45, 2.75) is 20.8 Å². The number of rotatable bonds is 3. The maximum absolute atomic E-state index is 6.77. The first-order valence-electron chi connectivity index (χ1n) is 22.7. The summed E-state index contributed by atoms with van der Waals surface area (Å²) < 4.78 is 16.8. The molecule has 6 aliphatic rings. The molecule has 8 aromatic carbocycles. The Morgan fingerprint density at radius 3 is 1.73 bits per heavy atom. The first-order chi connectivity index (χ1) is 32.3. The molecule has 6 nitrogen and oxygen atoms in total. The van der Waals surface area contributed by atoms with Crippen LogP contribution in [0.25, 0.3) is 27.5 Å². The van der Waals surface area contributed by atoms with Crippen LogP contribution in [-0.4, -0.2) is 43.5 Å². The minimum absolute atomic E-state index is 0.00980. The Bertz CT molecular complexity index is 3740. The highest BCUT2D eigenvalue weighted by Gasteiger charge is 2.49. The summed E-state index contributed by atoms with van der Waals surface area (Å²) in [6.07, 6.45) is 6.66. The van der Waals surface area contributed by atoms with Crippen LogP contribution in [0, 0.1) is 20.8 Å². The van der Waals surface area contributed by atoms with Gasteiger partial charge in [0.05, 0.1) is 22.6 Å². The fourth-order valence-corrected chi connectivity index (χ4v) is 15.0. The molecule has 7 heterocycles. The summed E-state index contributed by atoms with van der Waals surface area (Å²) in [6.45, 7) is 6.75. The van der Waals surface area contributed by atoms with Crippen LogP contribution >= 0.6 is 35.8 Å². The van der Waals surface area contributed by atoms with Crippen LogP contribution in [0.4, 0.5) is 45.5 Å². The van der Waals surface area contributed by atoms with Crippen molar-refractivity contribution in [3.05, 3.63) is 144 Å². The second-order valence-electron chi connectivity index (χ2n) is 18.7. The third-order valence-electron chi connectivity index (χ3n) is 15.2. The number of anilines is 8. The molecular formula is C54H40B3N5OS3. The van der Waals surface area contributed by atoms with Gasteiger partial charge in [-0.05, 0) is 183 Å². The Hall–Kier alpha value is -6.20. The predicted molar refractivity (Wildman–Crippen MR) is 291 cm³/mol. The van der Waals surface area contributed by atoms with Crippen molar-refractivity contribution in [3.63, 3.8) is 0 Å². The van der Waals surface area contributed by atoms with Crippen LogP contribution in [0.15, 0.2) is 127 Å². The Morgan fingerprint density at radius 1 is 0.424 bits per heavy atom. The summed E-state index contributed by atoms with van der Waals surface area (Å²) >= 11 is 5.38. The molecule has 12 heteroatoms. The SMILES string of the molecule is CSN1c2cc3c(cc2B2c4ccccc4Oc4cc(C)cc1c42)B1c2cc4c(cc2N(SC)c2cc(C)cc(c21)N3SC)Nc1cc(C)cc2c1B4c1cccc3c4ccccc4n-2c13. The maximum Gasteiger partial charge on any atom is 0.256 e. The van der Waals surface area contributed by atoms with Crippen molar-refractivity contribution in [1.29, 1.82) is 0 Å². The highest BCUT2D eigenvalue weighted by atomic mass is 32.2. The van der Waals surface area contributed by atoms with E-state index in [1.54, 1.807) is 35.8 Å². The molecule has 0 bridgehead atoms. The molecule has 6 aliphatic heterocycles. The van der Waals surface area contributed by atoms with E-state index in [1.165, 1.54) is 139 Å². The molecule has 1 aromatic heterocycles. The minimum atomic E-state index is -0.00980. The molecule has 0 atom stereocenters. The molecule has 15 rings (SSSR count). The number of hydrogen-bond donors (Lipinski definition) is 1. The first kappa shape index (κ1) is 38.0. The molecule has 9 aromatic rings. The van der Waals surface area contributed by atoms with Crippen molar-refractivity contribution in [1.82, 2.24) is 4.57 Å². The van der Waals surface area contributed by atoms with Gasteiger partial charge in [0, 0.05) is 69.2 Å². The molecule has 0 unspecified atom stereocenters. The van der Waals surface area contributed by atoms with E-state index < -0.39 is 0 Å². The zero-order valence-corrected chi connectivity index (χ0v) is 39.7. The summed E-state index contributed by atoms with van der Waals surface area (Å²) in [4.78, 5) is 0. The van der Waals surface area contributed by atoms with Crippen LogP contribution in [0.3, 0.4) is 0 Å². The quantitative estimate of drug-likeness (QED) is 0.142. The second kappa shape index (κ2) is 13.2. The number of nitrogens with zero attached hydrogens (tertiary/aromatic N) is 4. The molecule has 1 N–H and O–H groups in total. The van der Waals surface area contributed by atoms with Gasteiger partial charge in [-0.15, -0.1) is 0 Å². The van der Waals surface area contributed by atoms with Gasteiger partial charge in [-0.2, -0.15) is 0 Å². The molecule has 314 valence electrons. The summed E-state index contributed by atoms with van der Waals surface area (Å²) in [5.74, 6) is 1.90. The molecule has 0 saturated carbocycles. The van der Waals surface area contributed by atoms with Gasteiger partial charge in [-0.1, -0.05) is 66.7 Å². The van der Waals surface area contributed by atoms with Crippen molar-refractivity contribution >= 4 is 172 Å². The van der Waals surface area contributed by atoms with Gasteiger partial charge in [-0.25, -0.2) is 0 Å². The Balaban J connectivity index is 1.02. The van der Waals surface area contributed by atoms with E-state index in [4.69, 9.17) is 4.74 Å². The number of aryl methyl sites for hydroxylation is 3. The van der Waals surface area contributed by atoms with Crippen molar-refractivity contribution in [3.8, 4) is 17.2 Å². The van der Waals surface area contributed by atoms with Crippen LogP contribution < -0.4 is 72.1 Å². The molecule has 0 aliphatic carbocycles. The third kappa shape index (κ3) is 4.67. The number of nitrogens with one attached hydrogen (secondary N) is 1. The van der Waals surface area contributed by atoms with E-state index in [1.807, 2.05) is 0 Å². The number of aromatic nitrogens is 1. The predicted octanol–water partition coefficient (Wildman–Crippen LogP) is 7.92. The van der Waals surface area contributed by atoms with E-state index in [0.29, 0.717) is 0 Å². The number of benzene rings is 8. The summed E-state index contributed by atoms with van der Waals surface area (Å²) in [5, 5.41) is 6.68. The Morgan fingerprint density at radius 2 is 0.985 bits per heavy atom. The summed E-state index contributed by atoms with van der Waals surface area (Å²) in [6, 6.07) is 49.0. The van der Waals surface area contributed by atoms with Crippen molar-refractivity contribution in [2.24, 2.45) is 0 Å². The lowest BCUT2D eigenvalue weighted by Crippen LogP contribution is -2.65. The summed E-state index contributed by atoms with van der Waals surface area (Å²) in [5.41, 5.74) is 29.3. The van der Waals surface area contributed by atoms with E-state index in [9.17, 15) is 0 Å². The Labute approximate surface area is 398 Å². The Kier molecular flexibility index (Phi) is 7.62. The van der Waals surface area contributed by atoms with Gasteiger partial charge in [-0.3, -0.25) is 12.9 Å². The van der Waals surface area contributed by atoms with Crippen LogP contribution in [-0.2, 0) is 0 Å². The van der Waals surface area contributed by atoms with Gasteiger partial charge < -0.3 is 14.6 Å². The molecule has 0 amide bonds. The van der Waals surface area contributed by atoms with E-state index in [-0.39, 0.29) is 20.1 Å². The molecule has 0 fully saturated rings. The highest BCUT2D eigenvalue weighted by molar-refractivity contribution is 8.01. The fraction of sp³-hybridized carbons (Fsp3) is 0.111. The number of hydrogen-bond acceptors (Lipinski definition) is 8. The monoisotopic (exact) mass is 903 g/mol. The number of para-hydroxylation sites is 3. The first-order valence-corrected chi connectivity index (χ1v) is 26.3. The van der Waals surface area contributed by atoms with Gasteiger partial charge in [0.2, 0.25) is 0 Å². The lowest BCUT2D eigenvalue weighted by Gasteiger charge is -2.45. The minimum Gasteiger partial charge on any atom is -0.458 e. The lowest BCUT2D eigenvalue weighted by atomic mass is 9.29. The summed E-state index contributed by atoms with van der Waals surface area (Å²) in [7, 11) is 0. The van der Waals surface area contributed by atoms with Crippen molar-refractivity contribution < 1.29 is 4.74 Å². The standard InChI is InChI=1S/C54H40B3N5OS3/c1-28-18-40-51-45(19-28)59-41-16-9-7-12-31(41)32-13-11-15-34(54(32)59)56(51)35-24-36-42(26-39(35)58-40)60(64-4)46-20-29(2)21-47-52(46)57(36)38-25-37-43(27-44(38)61(47)65-5)62(66-6)48-22-30(3)23-50-53(48)55(37)33-14-8-10-17-49(33)63-50/h7-27,58H,1-6H3. The molecular weight excluding hydrogens is 863 g/mol. The molecule has 66 heavy (non-hydrogen) atoms. The number of ether oxygens (including phenoxy) is 1. The van der Waals surface area contributed by atoms with E-state index in [2.05, 4.69) is 190 Å². The fourth-order valence-electron chi connectivity index (χ4n) is 12.9.